The van der Waals surface area contributed by atoms with Crippen LogP contribution in [0.25, 0.3) is 0 Å². The van der Waals surface area contributed by atoms with Crippen LogP contribution < -0.4 is 0 Å². The van der Waals surface area contributed by atoms with Crippen molar-refractivity contribution in [2.75, 3.05) is 0 Å². The average molecular weight is 228 g/mol. The van der Waals surface area contributed by atoms with Crippen LogP contribution in [0.1, 0.15) is 31.2 Å². The summed E-state index contributed by atoms with van der Waals surface area (Å²) in [5.74, 6) is -0.657. The maximum Gasteiger partial charge on any atom is 0.313 e. The van der Waals surface area contributed by atoms with Gasteiger partial charge in [0.05, 0.1) is 5.41 Å². The van der Waals surface area contributed by atoms with E-state index in [2.05, 4.69) is 30.3 Å². The molecule has 3 aliphatic rings. The second kappa shape index (κ2) is 3.46. The van der Waals surface area contributed by atoms with Crippen LogP contribution in [0.5, 0.6) is 0 Å². The molecule has 2 nitrogen and oxygen atoms in total. The minimum absolute atomic E-state index is 0.0957. The number of fused-ring (bicyclic) bond motifs is 2. The SMILES string of the molecule is O=C(O)C12C=CC(c3ccccc3)(CC1)CC2. The second-order valence-corrected chi connectivity index (χ2v) is 5.32. The van der Waals surface area contributed by atoms with Gasteiger partial charge in [0.15, 0.2) is 0 Å². The molecular formula is C15H16O2. The maximum atomic E-state index is 11.3. The Morgan fingerprint density at radius 3 is 2.12 bits per heavy atom. The summed E-state index contributed by atoms with van der Waals surface area (Å²) in [4.78, 5) is 11.3. The topological polar surface area (TPSA) is 37.3 Å². The Labute approximate surface area is 101 Å². The Bertz CT molecular complexity index is 465. The summed E-state index contributed by atoms with van der Waals surface area (Å²) in [7, 11) is 0. The predicted octanol–water partition coefficient (Wildman–Crippen LogP) is 3.14. The molecule has 0 heterocycles. The lowest BCUT2D eigenvalue weighted by molar-refractivity contribution is -0.148. The summed E-state index contributed by atoms with van der Waals surface area (Å²) in [6.45, 7) is 0. The summed E-state index contributed by atoms with van der Waals surface area (Å²) in [5.41, 5.74) is 0.851. The zero-order chi connectivity index (χ0) is 11.9. The molecule has 0 unspecified atom stereocenters. The molecule has 0 atom stereocenters. The number of carboxylic acids is 1. The summed E-state index contributed by atoms with van der Waals surface area (Å²) in [5, 5.41) is 9.32. The average Bonchev–Trinajstić information content (AvgIpc) is 2.42. The lowest BCUT2D eigenvalue weighted by Crippen LogP contribution is -2.44. The molecule has 0 radical (unpaired) electrons. The van der Waals surface area contributed by atoms with E-state index < -0.39 is 11.4 Å². The molecule has 2 heteroatoms. The van der Waals surface area contributed by atoms with Gasteiger partial charge in [0.2, 0.25) is 0 Å². The predicted molar refractivity (Wildman–Crippen MR) is 65.8 cm³/mol. The van der Waals surface area contributed by atoms with Gasteiger partial charge in [-0.25, -0.2) is 0 Å². The highest BCUT2D eigenvalue weighted by molar-refractivity contribution is 5.78. The molecule has 88 valence electrons. The second-order valence-electron chi connectivity index (χ2n) is 5.32. The van der Waals surface area contributed by atoms with Crippen LogP contribution >= 0.6 is 0 Å². The maximum absolute atomic E-state index is 11.3. The summed E-state index contributed by atoms with van der Waals surface area (Å²) in [6.07, 6.45) is 7.54. The standard InChI is InChI=1S/C15H16O2/c16-13(17)15-9-6-14(7-10-15,8-11-15)12-4-2-1-3-5-12/h1-6,9H,7-8,10-11H2,(H,16,17). The fraction of sp³-hybridized carbons (Fsp3) is 0.400. The van der Waals surface area contributed by atoms with Gasteiger partial charge in [-0.1, -0.05) is 42.5 Å². The molecule has 1 saturated carbocycles. The minimum Gasteiger partial charge on any atom is -0.481 e. The molecule has 3 aliphatic carbocycles. The van der Waals surface area contributed by atoms with Gasteiger partial charge in [-0.05, 0) is 31.2 Å². The third-order valence-electron chi connectivity index (χ3n) is 4.53. The van der Waals surface area contributed by atoms with Crippen LogP contribution in [-0.2, 0) is 10.2 Å². The van der Waals surface area contributed by atoms with Crippen LogP contribution in [0.4, 0.5) is 0 Å². The molecule has 0 aromatic heterocycles. The number of carbonyl (C=O) groups is 1. The van der Waals surface area contributed by atoms with Crippen molar-refractivity contribution >= 4 is 5.97 Å². The lowest BCUT2D eigenvalue weighted by Gasteiger charge is -2.47. The molecule has 1 aromatic carbocycles. The molecule has 0 spiro atoms. The Kier molecular flexibility index (Phi) is 2.15. The number of allylic oxidation sites excluding steroid dienone is 1. The highest BCUT2D eigenvalue weighted by Crippen LogP contribution is 2.53. The zero-order valence-corrected chi connectivity index (χ0v) is 9.73. The van der Waals surface area contributed by atoms with Gasteiger partial charge in [-0.2, -0.15) is 0 Å². The summed E-state index contributed by atoms with van der Waals surface area (Å²) in [6, 6.07) is 10.5. The largest absolute Gasteiger partial charge is 0.481 e. The van der Waals surface area contributed by atoms with Crippen molar-refractivity contribution in [2.45, 2.75) is 31.1 Å². The van der Waals surface area contributed by atoms with E-state index in [-0.39, 0.29) is 5.41 Å². The Hall–Kier alpha value is -1.57. The molecule has 0 amide bonds. The van der Waals surface area contributed by atoms with Gasteiger partial charge in [-0.3, -0.25) is 4.79 Å². The van der Waals surface area contributed by atoms with Crippen molar-refractivity contribution in [3.63, 3.8) is 0 Å². The van der Waals surface area contributed by atoms with Crippen molar-refractivity contribution < 1.29 is 9.90 Å². The van der Waals surface area contributed by atoms with E-state index in [1.807, 2.05) is 12.1 Å². The number of carboxylic acid groups (broad SMARTS) is 1. The fourth-order valence-electron chi connectivity index (χ4n) is 3.23. The van der Waals surface area contributed by atoms with E-state index in [4.69, 9.17) is 0 Å². The third kappa shape index (κ3) is 1.43. The van der Waals surface area contributed by atoms with E-state index >= 15 is 0 Å². The van der Waals surface area contributed by atoms with E-state index in [0.717, 1.165) is 25.7 Å². The number of hydrogen-bond acceptors (Lipinski definition) is 1. The van der Waals surface area contributed by atoms with Crippen LogP contribution in [0.2, 0.25) is 0 Å². The zero-order valence-electron chi connectivity index (χ0n) is 9.73. The molecule has 0 saturated heterocycles. The molecule has 0 aliphatic heterocycles. The molecular weight excluding hydrogens is 212 g/mol. The van der Waals surface area contributed by atoms with Crippen molar-refractivity contribution in [2.24, 2.45) is 5.41 Å². The highest BCUT2D eigenvalue weighted by Gasteiger charge is 2.49. The lowest BCUT2D eigenvalue weighted by atomic mass is 9.56. The van der Waals surface area contributed by atoms with E-state index in [1.54, 1.807) is 0 Å². The molecule has 1 fully saturated rings. The van der Waals surface area contributed by atoms with Gasteiger partial charge < -0.3 is 5.11 Å². The van der Waals surface area contributed by atoms with Gasteiger partial charge in [-0.15, -0.1) is 0 Å². The summed E-state index contributed by atoms with van der Waals surface area (Å²) < 4.78 is 0. The Balaban J connectivity index is 2.00. The van der Waals surface area contributed by atoms with Gasteiger partial charge in [0.25, 0.3) is 0 Å². The van der Waals surface area contributed by atoms with Crippen LogP contribution in [-0.4, -0.2) is 11.1 Å². The van der Waals surface area contributed by atoms with Crippen molar-refractivity contribution in [1.29, 1.82) is 0 Å². The molecule has 2 bridgehead atoms. The van der Waals surface area contributed by atoms with Crippen molar-refractivity contribution in [1.82, 2.24) is 0 Å². The third-order valence-corrected chi connectivity index (χ3v) is 4.53. The van der Waals surface area contributed by atoms with Gasteiger partial charge >= 0.3 is 5.97 Å². The van der Waals surface area contributed by atoms with E-state index in [1.165, 1.54) is 5.56 Å². The fourth-order valence-corrected chi connectivity index (χ4v) is 3.23. The van der Waals surface area contributed by atoms with Crippen LogP contribution in [0.15, 0.2) is 42.5 Å². The first-order valence-corrected chi connectivity index (χ1v) is 6.16. The number of rotatable bonds is 2. The first kappa shape index (κ1) is 10.6. The van der Waals surface area contributed by atoms with Crippen molar-refractivity contribution in [3.8, 4) is 0 Å². The van der Waals surface area contributed by atoms with Crippen LogP contribution in [0, 0.1) is 5.41 Å². The van der Waals surface area contributed by atoms with Crippen LogP contribution in [0.3, 0.4) is 0 Å². The van der Waals surface area contributed by atoms with E-state index in [9.17, 15) is 9.90 Å². The van der Waals surface area contributed by atoms with Gasteiger partial charge in [0.1, 0.15) is 0 Å². The van der Waals surface area contributed by atoms with Crippen molar-refractivity contribution in [3.05, 3.63) is 48.0 Å². The number of hydrogen-bond donors (Lipinski definition) is 1. The normalized spacial score (nSPS) is 34.8. The monoisotopic (exact) mass is 228 g/mol. The minimum atomic E-state index is -0.657. The number of benzene rings is 1. The summed E-state index contributed by atoms with van der Waals surface area (Å²) >= 11 is 0. The Morgan fingerprint density at radius 1 is 1.00 bits per heavy atom. The molecule has 17 heavy (non-hydrogen) atoms. The first-order valence-electron chi connectivity index (χ1n) is 6.16. The smallest absolute Gasteiger partial charge is 0.313 e. The quantitative estimate of drug-likeness (QED) is 0.789. The van der Waals surface area contributed by atoms with Gasteiger partial charge in [0, 0.05) is 5.41 Å². The first-order chi connectivity index (χ1) is 8.17. The molecule has 4 rings (SSSR count). The number of aliphatic carboxylic acids is 1. The Morgan fingerprint density at radius 2 is 1.65 bits per heavy atom. The molecule has 1 N–H and O–H groups in total. The highest BCUT2D eigenvalue weighted by atomic mass is 16.4. The van der Waals surface area contributed by atoms with E-state index in [0.29, 0.717) is 0 Å². The molecule has 1 aromatic rings.